The second-order valence-electron chi connectivity index (χ2n) is 5.60. The predicted molar refractivity (Wildman–Crippen MR) is 72.0 cm³/mol. The molecule has 1 N–H and O–H groups in total. The summed E-state index contributed by atoms with van der Waals surface area (Å²) in [5.74, 6) is -0.830. The van der Waals surface area contributed by atoms with Gasteiger partial charge in [-0.2, -0.15) is 0 Å². The highest BCUT2D eigenvalue weighted by Gasteiger charge is 2.37. The first-order chi connectivity index (χ1) is 9.13. The third-order valence-electron chi connectivity index (χ3n) is 4.14. The summed E-state index contributed by atoms with van der Waals surface area (Å²) < 4.78 is 0. The van der Waals surface area contributed by atoms with Crippen LogP contribution >= 0.6 is 0 Å². The number of piperidine rings is 1. The Labute approximate surface area is 114 Å². The molecule has 0 radical (unpaired) electrons. The number of nitrogens with zero attached hydrogens (tertiary/aromatic N) is 2. The van der Waals surface area contributed by atoms with Gasteiger partial charge >= 0.3 is 12.0 Å². The summed E-state index contributed by atoms with van der Waals surface area (Å²) in [5, 5.41) is 8.80. The monoisotopic (exact) mass is 268 g/mol. The molecule has 1 heterocycles. The third kappa shape index (κ3) is 3.61. The molecule has 1 saturated carbocycles. The van der Waals surface area contributed by atoms with E-state index < -0.39 is 5.97 Å². The molecule has 5 nitrogen and oxygen atoms in total. The number of carboxylic acid groups (broad SMARTS) is 1. The molecule has 108 valence electrons. The summed E-state index contributed by atoms with van der Waals surface area (Å²) in [6, 6.07) is 0.689. The highest BCUT2D eigenvalue weighted by Crippen LogP contribution is 2.30. The number of carbonyl (C=O) groups excluding carboxylic acids is 1. The van der Waals surface area contributed by atoms with Gasteiger partial charge in [-0.25, -0.2) is 4.79 Å². The normalized spacial score (nSPS) is 23.2. The van der Waals surface area contributed by atoms with Crippen molar-refractivity contribution in [2.24, 2.45) is 0 Å². The SMILES string of the molecule is CCC1CCCCN1C(=O)N(CCC(=O)O)C1CC1. The fraction of sp³-hybridized carbons (Fsp3) is 0.857. The molecule has 2 rings (SSSR count). The van der Waals surface area contributed by atoms with E-state index in [9.17, 15) is 9.59 Å². The Bertz CT molecular complexity index is 342. The summed E-state index contributed by atoms with van der Waals surface area (Å²) >= 11 is 0. The Morgan fingerprint density at radius 2 is 2.00 bits per heavy atom. The molecule has 2 fully saturated rings. The van der Waals surface area contributed by atoms with E-state index >= 15 is 0 Å². The second kappa shape index (κ2) is 6.26. The molecule has 2 amide bonds. The Hall–Kier alpha value is -1.26. The lowest BCUT2D eigenvalue weighted by Crippen LogP contribution is -2.51. The molecule has 19 heavy (non-hydrogen) atoms. The minimum absolute atomic E-state index is 0.0485. The van der Waals surface area contributed by atoms with Crippen LogP contribution in [-0.4, -0.2) is 52.1 Å². The Balaban J connectivity index is 1.98. The van der Waals surface area contributed by atoms with Crippen molar-refractivity contribution in [3.63, 3.8) is 0 Å². The van der Waals surface area contributed by atoms with Gasteiger partial charge in [0.05, 0.1) is 6.42 Å². The summed E-state index contributed by atoms with van der Waals surface area (Å²) in [5.41, 5.74) is 0. The number of aliphatic carboxylic acids is 1. The van der Waals surface area contributed by atoms with E-state index in [4.69, 9.17) is 5.11 Å². The van der Waals surface area contributed by atoms with Crippen LogP contribution in [0.15, 0.2) is 0 Å². The maximum absolute atomic E-state index is 12.6. The summed E-state index contributed by atoms with van der Waals surface area (Å²) in [6.45, 7) is 3.30. The molecule has 0 aromatic heterocycles. The van der Waals surface area contributed by atoms with E-state index in [2.05, 4.69) is 6.92 Å². The zero-order valence-corrected chi connectivity index (χ0v) is 11.7. The highest BCUT2D eigenvalue weighted by atomic mass is 16.4. The van der Waals surface area contributed by atoms with Crippen molar-refractivity contribution in [2.45, 2.75) is 64.0 Å². The fourth-order valence-electron chi connectivity index (χ4n) is 2.88. The van der Waals surface area contributed by atoms with Crippen molar-refractivity contribution in [2.75, 3.05) is 13.1 Å². The number of rotatable bonds is 5. The lowest BCUT2D eigenvalue weighted by atomic mass is 10.0. The fourth-order valence-corrected chi connectivity index (χ4v) is 2.88. The summed E-state index contributed by atoms with van der Waals surface area (Å²) in [4.78, 5) is 27.1. The van der Waals surface area contributed by atoms with Crippen LogP contribution in [0.4, 0.5) is 4.79 Å². The molecule has 1 unspecified atom stereocenters. The molecule has 1 aliphatic heterocycles. The second-order valence-corrected chi connectivity index (χ2v) is 5.60. The first-order valence-corrected chi connectivity index (χ1v) is 7.42. The molecule has 0 spiro atoms. The van der Waals surface area contributed by atoms with Gasteiger partial charge in [-0.3, -0.25) is 4.79 Å². The molecule has 2 aliphatic rings. The molecular weight excluding hydrogens is 244 g/mol. The van der Waals surface area contributed by atoms with Crippen LogP contribution in [0.1, 0.15) is 51.9 Å². The molecule has 0 aromatic rings. The number of hydrogen-bond donors (Lipinski definition) is 1. The number of urea groups is 1. The molecule has 5 heteroatoms. The Morgan fingerprint density at radius 1 is 1.26 bits per heavy atom. The number of carbonyl (C=O) groups is 2. The lowest BCUT2D eigenvalue weighted by Gasteiger charge is -2.38. The minimum atomic E-state index is -0.830. The number of amides is 2. The van der Waals surface area contributed by atoms with E-state index in [1.165, 1.54) is 6.42 Å². The van der Waals surface area contributed by atoms with E-state index in [0.717, 1.165) is 38.6 Å². The van der Waals surface area contributed by atoms with Gasteiger partial charge in [0.25, 0.3) is 0 Å². The van der Waals surface area contributed by atoms with Gasteiger partial charge in [0.1, 0.15) is 0 Å². The summed E-state index contributed by atoms with van der Waals surface area (Å²) in [7, 11) is 0. The molecule has 0 aromatic carbocycles. The Morgan fingerprint density at radius 3 is 2.58 bits per heavy atom. The van der Waals surface area contributed by atoms with Crippen molar-refractivity contribution in [3.8, 4) is 0 Å². The van der Waals surface area contributed by atoms with Crippen LogP contribution in [-0.2, 0) is 4.79 Å². The number of likely N-dealkylation sites (tertiary alicyclic amines) is 1. The minimum Gasteiger partial charge on any atom is -0.481 e. The predicted octanol–water partition coefficient (Wildman–Crippen LogP) is 2.31. The van der Waals surface area contributed by atoms with Crippen molar-refractivity contribution in [1.29, 1.82) is 0 Å². The first-order valence-electron chi connectivity index (χ1n) is 7.42. The maximum Gasteiger partial charge on any atom is 0.320 e. The van der Waals surface area contributed by atoms with Crippen LogP contribution in [0.5, 0.6) is 0 Å². The number of carboxylic acids is 1. The van der Waals surface area contributed by atoms with Crippen molar-refractivity contribution < 1.29 is 14.7 Å². The maximum atomic E-state index is 12.6. The van der Waals surface area contributed by atoms with Gasteiger partial charge in [0.2, 0.25) is 0 Å². The van der Waals surface area contributed by atoms with Gasteiger partial charge < -0.3 is 14.9 Å². The zero-order chi connectivity index (χ0) is 13.8. The zero-order valence-electron chi connectivity index (χ0n) is 11.7. The largest absolute Gasteiger partial charge is 0.481 e. The van der Waals surface area contributed by atoms with Gasteiger partial charge in [0.15, 0.2) is 0 Å². The topological polar surface area (TPSA) is 60.9 Å². The van der Waals surface area contributed by atoms with E-state index in [0.29, 0.717) is 12.6 Å². The molecule has 1 atom stereocenters. The van der Waals surface area contributed by atoms with E-state index in [1.807, 2.05) is 4.90 Å². The van der Waals surface area contributed by atoms with E-state index in [1.54, 1.807) is 4.90 Å². The van der Waals surface area contributed by atoms with Gasteiger partial charge in [0, 0.05) is 25.2 Å². The van der Waals surface area contributed by atoms with Crippen LogP contribution in [0.3, 0.4) is 0 Å². The lowest BCUT2D eigenvalue weighted by molar-refractivity contribution is -0.137. The number of hydrogen-bond acceptors (Lipinski definition) is 2. The quantitative estimate of drug-likeness (QED) is 0.832. The summed E-state index contributed by atoms with van der Waals surface area (Å²) in [6.07, 6.45) is 6.43. The van der Waals surface area contributed by atoms with Crippen LogP contribution in [0.2, 0.25) is 0 Å². The average Bonchev–Trinajstić information content (AvgIpc) is 3.23. The molecule has 1 aliphatic carbocycles. The smallest absolute Gasteiger partial charge is 0.320 e. The molecular formula is C14H24N2O3. The average molecular weight is 268 g/mol. The molecule has 1 saturated heterocycles. The van der Waals surface area contributed by atoms with Crippen molar-refractivity contribution in [1.82, 2.24) is 9.80 Å². The molecule has 0 bridgehead atoms. The first kappa shape index (κ1) is 14.2. The van der Waals surface area contributed by atoms with Crippen molar-refractivity contribution in [3.05, 3.63) is 0 Å². The van der Waals surface area contributed by atoms with Crippen LogP contribution in [0.25, 0.3) is 0 Å². The highest BCUT2D eigenvalue weighted by molar-refractivity contribution is 5.76. The van der Waals surface area contributed by atoms with Gasteiger partial charge in [-0.15, -0.1) is 0 Å². The van der Waals surface area contributed by atoms with Crippen LogP contribution in [0, 0.1) is 0 Å². The van der Waals surface area contributed by atoms with E-state index in [-0.39, 0.29) is 18.5 Å². The van der Waals surface area contributed by atoms with Gasteiger partial charge in [-0.1, -0.05) is 6.92 Å². The van der Waals surface area contributed by atoms with Gasteiger partial charge in [-0.05, 0) is 38.5 Å². The third-order valence-corrected chi connectivity index (χ3v) is 4.14. The standard InChI is InChI=1S/C14H24N2O3/c1-2-11-5-3-4-9-15(11)14(19)16(12-6-7-12)10-8-13(17)18/h11-12H,2-10H2,1H3,(H,17,18). The van der Waals surface area contributed by atoms with Crippen LogP contribution < -0.4 is 0 Å². The van der Waals surface area contributed by atoms with Crippen molar-refractivity contribution >= 4 is 12.0 Å². The Kier molecular flexibility index (Phi) is 4.66.